The lowest BCUT2D eigenvalue weighted by molar-refractivity contribution is 1.50. The SMILES string of the molecule is C/C=C\C(=C/C)c1ccccc1.CC.CC.Cc1ccc2ccc3cccc4ccc1c2c34. The summed E-state index contributed by atoms with van der Waals surface area (Å²) in [6, 6.07) is 30.3. The molecule has 0 atom stereocenters. The first kappa shape index (κ1) is 25.9. The highest BCUT2D eigenvalue weighted by Crippen LogP contribution is 2.35. The first-order valence-electron chi connectivity index (χ1n) is 12.2. The number of hydrogen-bond donors (Lipinski definition) is 0. The van der Waals surface area contributed by atoms with E-state index in [4.69, 9.17) is 0 Å². The maximum absolute atomic E-state index is 2.25. The molecular weight excluding hydrogens is 396 g/mol. The van der Waals surface area contributed by atoms with Crippen molar-refractivity contribution in [1.82, 2.24) is 0 Å². The highest BCUT2D eigenvalue weighted by molar-refractivity contribution is 6.23. The smallest absolute Gasteiger partial charge is 0.00241 e. The van der Waals surface area contributed by atoms with E-state index < -0.39 is 0 Å². The monoisotopic (exact) mass is 434 g/mol. The predicted molar refractivity (Wildman–Crippen MR) is 152 cm³/mol. The van der Waals surface area contributed by atoms with Gasteiger partial charge in [0.05, 0.1) is 0 Å². The lowest BCUT2D eigenvalue weighted by Crippen LogP contribution is -1.85. The Morgan fingerprint density at radius 3 is 1.70 bits per heavy atom. The third-order valence-electron chi connectivity index (χ3n) is 5.51. The van der Waals surface area contributed by atoms with Crippen LogP contribution in [0, 0.1) is 6.92 Å². The molecule has 5 aromatic carbocycles. The van der Waals surface area contributed by atoms with Crippen LogP contribution < -0.4 is 0 Å². The van der Waals surface area contributed by atoms with Gasteiger partial charge in [-0.1, -0.05) is 131 Å². The quantitative estimate of drug-likeness (QED) is 0.191. The maximum atomic E-state index is 2.25. The van der Waals surface area contributed by atoms with E-state index in [2.05, 4.69) is 111 Å². The van der Waals surface area contributed by atoms with Gasteiger partial charge in [-0.3, -0.25) is 0 Å². The molecule has 0 heteroatoms. The van der Waals surface area contributed by atoms with Crippen LogP contribution in [0.15, 0.2) is 103 Å². The number of hydrogen-bond acceptors (Lipinski definition) is 0. The molecule has 0 N–H and O–H groups in total. The number of aryl methyl sites for hydroxylation is 1. The van der Waals surface area contributed by atoms with E-state index in [0.717, 1.165) is 0 Å². The Balaban J connectivity index is 0.000000214. The molecule has 0 amide bonds. The molecule has 0 bridgehead atoms. The van der Waals surface area contributed by atoms with E-state index in [9.17, 15) is 0 Å². The van der Waals surface area contributed by atoms with Gasteiger partial charge in [0, 0.05) is 0 Å². The molecule has 0 aliphatic carbocycles. The molecule has 0 aliphatic heterocycles. The molecule has 0 saturated heterocycles. The minimum Gasteiger partial charge on any atom is -0.0871 e. The van der Waals surface area contributed by atoms with Crippen LogP contribution in [0.4, 0.5) is 0 Å². The van der Waals surface area contributed by atoms with Crippen molar-refractivity contribution in [3.05, 3.63) is 114 Å². The van der Waals surface area contributed by atoms with Crippen LogP contribution in [-0.2, 0) is 0 Å². The molecule has 5 aromatic rings. The van der Waals surface area contributed by atoms with E-state index in [1.807, 2.05) is 40.7 Å². The van der Waals surface area contributed by atoms with Gasteiger partial charge in [-0.05, 0) is 69.8 Å². The van der Waals surface area contributed by atoms with Crippen LogP contribution in [0.2, 0.25) is 0 Å². The molecule has 0 fully saturated rings. The Hall–Kier alpha value is -3.38. The Bertz CT molecular complexity index is 1290. The van der Waals surface area contributed by atoms with Gasteiger partial charge in [0.25, 0.3) is 0 Å². The lowest BCUT2D eigenvalue weighted by atomic mass is 9.92. The Labute approximate surface area is 200 Å². The third kappa shape index (κ3) is 5.90. The van der Waals surface area contributed by atoms with Crippen LogP contribution in [0.1, 0.15) is 52.7 Å². The lowest BCUT2D eigenvalue weighted by Gasteiger charge is -2.11. The molecule has 0 nitrogen and oxygen atoms in total. The van der Waals surface area contributed by atoms with Crippen molar-refractivity contribution in [2.24, 2.45) is 0 Å². The fourth-order valence-electron chi connectivity index (χ4n) is 4.05. The minimum atomic E-state index is 1.28. The molecular formula is C33H38. The van der Waals surface area contributed by atoms with E-state index in [1.165, 1.54) is 49.0 Å². The van der Waals surface area contributed by atoms with Gasteiger partial charge in [0.2, 0.25) is 0 Å². The number of benzene rings is 5. The highest BCUT2D eigenvalue weighted by Gasteiger charge is 2.08. The average molecular weight is 435 g/mol. The summed E-state index contributed by atoms with van der Waals surface area (Å²) in [5, 5.41) is 8.23. The van der Waals surface area contributed by atoms with Gasteiger partial charge < -0.3 is 0 Å². The fourth-order valence-corrected chi connectivity index (χ4v) is 4.05. The van der Waals surface area contributed by atoms with E-state index in [1.54, 1.807) is 0 Å². The van der Waals surface area contributed by atoms with Gasteiger partial charge in [-0.25, -0.2) is 0 Å². The maximum Gasteiger partial charge on any atom is -0.00241 e. The first-order valence-corrected chi connectivity index (χ1v) is 12.2. The second-order valence-corrected chi connectivity index (χ2v) is 7.35. The van der Waals surface area contributed by atoms with Crippen molar-refractivity contribution in [3.63, 3.8) is 0 Å². The van der Waals surface area contributed by atoms with Crippen molar-refractivity contribution in [2.75, 3.05) is 0 Å². The molecule has 0 aromatic heterocycles. The molecule has 5 rings (SSSR count). The summed E-state index contributed by atoms with van der Waals surface area (Å²) in [6.45, 7) is 14.3. The second-order valence-electron chi connectivity index (χ2n) is 7.35. The average Bonchev–Trinajstić information content (AvgIpc) is 2.90. The summed E-state index contributed by atoms with van der Waals surface area (Å²) in [6.07, 6.45) is 6.30. The summed E-state index contributed by atoms with van der Waals surface area (Å²) in [4.78, 5) is 0. The molecule has 170 valence electrons. The van der Waals surface area contributed by atoms with Crippen LogP contribution >= 0.6 is 0 Å². The van der Waals surface area contributed by atoms with Crippen LogP contribution in [0.5, 0.6) is 0 Å². The Kier molecular flexibility index (Phi) is 10.4. The Morgan fingerprint density at radius 2 is 1.12 bits per heavy atom. The molecule has 0 radical (unpaired) electrons. The molecule has 0 heterocycles. The number of allylic oxidation sites excluding steroid dienone is 4. The van der Waals surface area contributed by atoms with Gasteiger partial charge in [0.15, 0.2) is 0 Å². The van der Waals surface area contributed by atoms with Crippen LogP contribution in [0.3, 0.4) is 0 Å². The van der Waals surface area contributed by atoms with E-state index in [0.29, 0.717) is 0 Å². The minimum absolute atomic E-state index is 1.28. The highest BCUT2D eigenvalue weighted by atomic mass is 14.1. The normalized spacial score (nSPS) is 10.9. The van der Waals surface area contributed by atoms with Crippen molar-refractivity contribution >= 4 is 37.9 Å². The topological polar surface area (TPSA) is 0 Å². The van der Waals surface area contributed by atoms with Crippen molar-refractivity contribution in [2.45, 2.75) is 48.5 Å². The standard InChI is InChI=1S/C17H12.C12H14.2C2H6/c1-11-5-6-14-8-7-12-3-2-4-13-9-10-15(11)17(14)16(12)13;1-3-8-11(4-2)12-9-6-5-7-10-12;2*1-2/h2-10H,1H3;3-10H,1-2H3;2*1-2H3/b;8-3-,11-4+;;. The van der Waals surface area contributed by atoms with Gasteiger partial charge >= 0.3 is 0 Å². The molecule has 0 aliphatic rings. The zero-order valence-electron chi connectivity index (χ0n) is 21.3. The largest absolute Gasteiger partial charge is 0.0871 e. The fraction of sp³-hybridized carbons (Fsp3) is 0.212. The summed E-state index contributed by atoms with van der Waals surface area (Å²) in [5.74, 6) is 0. The van der Waals surface area contributed by atoms with Crippen LogP contribution in [0.25, 0.3) is 37.9 Å². The second kappa shape index (κ2) is 13.2. The zero-order chi connectivity index (χ0) is 24.2. The molecule has 0 unspecified atom stereocenters. The molecule has 33 heavy (non-hydrogen) atoms. The third-order valence-corrected chi connectivity index (χ3v) is 5.51. The van der Waals surface area contributed by atoms with E-state index in [-0.39, 0.29) is 0 Å². The summed E-state index contributed by atoms with van der Waals surface area (Å²) in [7, 11) is 0. The van der Waals surface area contributed by atoms with Gasteiger partial charge in [-0.15, -0.1) is 0 Å². The van der Waals surface area contributed by atoms with Gasteiger partial charge in [0.1, 0.15) is 0 Å². The van der Waals surface area contributed by atoms with Gasteiger partial charge in [-0.2, -0.15) is 0 Å². The number of rotatable bonds is 2. The zero-order valence-corrected chi connectivity index (χ0v) is 21.3. The van der Waals surface area contributed by atoms with Crippen molar-refractivity contribution < 1.29 is 0 Å². The summed E-state index contributed by atoms with van der Waals surface area (Å²) < 4.78 is 0. The molecule has 0 saturated carbocycles. The van der Waals surface area contributed by atoms with Crippen LogP contribution in [-0.4, -0.2) is 0 Å². The predicted octanol–water partition coefficient (Wildman–Crippen LogP) is 10.6. The van der Waals surface area contributed by atoms with Crippen molar-refractivity contribution in [3.8, 4) is 0 Å². The first-order chi connectivity index (χ1) is 16.2. The summed E-state index contributed by atoms with van der Waals surface area (Å²) in [5.41, 5.74) is 3.91. The Morgan fingerprint density at radius 1 is 0.576 bits per heavy atom. The van der Waals surface area contributed by atoms with E-state index >= 15 is 0 Å². The molecule has 0 spiro atoms. The van der Waals surface area contributed by atoms with Crippen molar-refractivity contribution in [1.29, 1.82) is 0 Å². The summed E-state index contributed by atoms with van der Waals surface area (Å²) >= 11 is 0.